The van der Waals surface area contributed by atoms with Crippen LogP contribution in [0, 0.1) is 17.8 Å². The number of nitrogens with one attached hydrogen (secondary N) is 1. The molecule has 5 unspecified atom stereocenters. The third-order valence-corrected chi connectivity index (χ3v) is 6.00. The average molecular weight is 296 g/mol. The summed E-state index contributed by atoms with van der Waals surface area (Å²) in [6.45, 7) is 12.2. The summed E-state index contributed by atoms with van der Waals surface area (Å²) < 4.78 is 0. The molecule has 0 aromatic carbocycles. The second-order valence-corrected chi connectivity index (χ2v) is 7.76. The Kier molecular flexibility index (Phi) is 6.51. The maximum absolute atomic E-state index is 3.60. The van der Waals surface area contributed by atoms with Crippen molar-refractivity contribution in [3.63, 3.8) is 0 Å². The lowest BCUT2D eigenvalue weighted by molar-refractivity contribution is 0.102. The Balaban J connectivity index is 1.87. The van der Waals surface area contributed by atoms with E-state index in [1.165, 1.54) is 51.9 Å². The summed E-state index contributed by atoms with van der Waals surface area (Å²) in [5, 5.41) is 3.60. The van der Waals surface area contributed by atoms with Gasteiger partial charge in [-0.1, -0.05) is 20.8 Å². The number of hydrogen-bond acceptors (Lipinski definition) is 3. The van der Waals surface area contributed by atoms with Crippen LogP contribution in [0.5, 0.6) is 0 Å². The average Bonchev–Trinajstić information content (AvgIpc) is 2.88. The molecule has 0 aromatic heterocycles. The molecule has 3 nitrogen and oxygen atoms in total. The zero-order chi connectivity index (χ0) is 15.4. The van der Waals surface area contributed by atoms with Gasteiger partial charge in [-0.2, -0.15) is 0 Å². The Bertz CT molecular complexity index is 307. The van der Waals surface area contributed by atoms with Crippen LogP contribution in [0.15, 0.2) is 0 Å². The van der Waals surface area contributed by atoms with Gasteiger partial charge in [-0.25, -0.2) is 0 Å². The van der Waals surface area contributed by atoms with E-state index in [-0.39, 0.29) is 0 Å². The lowest BCUT2D eigenvalue weighted by Gasteiger charge is -2.42. The Morgan fingerprint density at radius 1 is 1.19 bits per heavy atom. The number of hydrogen-bond donors (Lipinski definition) is 1. The van der Waals surface area contributed by atoms with Crippen molar-refractivity contribution in [3.8, 4) is 0 Å². The lowest BCUT2D eigenvalue weighted by Crippen LogP contribution is -2.49. The van der Waals surface area contributed by atoms with Gasteiger partial charge in [0.05, 0.1) is 0 Å². The third-order valence-electron chi connectivity index (χ3n) is 6.00. The topological polar surface area (TPSA) is 18.5 Å². The minimum atomic E-state index is 0.706. The largest absolute Gasteiger partial charge is 0.317 e. The van der Waals surface area contributed by atoms with E-state index < -0.39 is 0 Å². The summed E-state index contributed by atoms with van der Waals surface area (Å²) >= 11 is 0. The van der Waals surface area contributed by atoms with Crippen molar-refractivity contribution < 1.29 is 0 Å². The fourth-order valence-electron chi connectivity index (χ4n) is 4.86. The number of rotatable bonds is 6. The molecular formula is C18H37N3. The van der Waals surface area contributed by atoms with Gasteiger partial charge in [-0.15, -0.1) is 0 Å². The molecule has 0 radical (unpaired) electrons. The van der Waals surface area contributed by atoms with Crippen LogP contribution in [0.3, 0.4) is 0 Å². The molecule has 3 heteroatoms. The van der Waals surface area contributed by atoms with Gasteiger partial charge in [0.2, 0.25) is 0 Å². The molecule has 124 valence electrons. The molecule has 1 heterocycles. The normalized spacial score (nSPS) is 38.3. The summed E-state index contributed by atoms with van der Waals surface area (Å²) in [5.74, 6) is 2.54. The molecule has 1 saturated carbocycles. The highest BCUT2D eigenvalue weighted by molar-refractivity contribution is 4.89. The Labute approximate surface area is 132 Å². The van der Waals surface area contributed by atoms with Crippen LogP contribution in [0.4, 0.5) is 0 Å². The fourth-order valence-corrected chi connectivity index (χ4v) is 4.86. The van der Waals surface area contributed by atoms with Gasteiger partial charge >= 0.3 is 0 Å². The highest BCUT2D eigenvalue weighted by Gasteiger charge is 2.34. The van der Waals surface area contributed by atoms with Gasteiger partial charge in [-0.3, -0.25) is 4.90 Å². The van der Waals surface area contributed by atoms with Gasteiger partial charge in [0, 0.05) is 25.2 Å². The Hall–Kier alpha value is -0.120. The van der Waals surface area contributed by atoms with Crippen molar-refractivity contribution in [2.75, 3.05) is 40.3 Å². The number of nitrogens with zero attached hydrogens (tertiary/aromatic N) is 2. The van der Waals surface area contributed by atoms with E-state index in [4.69, 9.17) is 0 Å². The Morgan fingerprint density at radius 2 is 1.95 bits per heavy atom. The highest BCUT2D eigenvalue weighted by atomic mass is 15.2. The SMILES string of the molecule is CCN1CCCC1CN(C)CC1C(C)CC(C)CC1NC. The smallest absolute Gasteiger partial charge is 0.0223 e. The van der Waals surface area contributed by atoms with Gasteiger partial charge in [0.15, 0.2) is 0 Å². The van der Waals surface area contributed by atoms with Gasteiger partial charge in [0.1, 0.15) is 0 Å². The quantitative estimate of drug-likeness (QED) is 0.813. The Morgan fingerprint density at radius 3 is 2.62 bits per heavy atom. The molecule has 1 aliphatic carbocycles. The molecule has 0 amide bonds. The maximum Gasteiger partial charge on any atom is 0.0223 e. The molecule has 5 atom stereocenters. The predicted molar refractivity (Wildman–Crippen MR) is 91.7 cm³/mol. The first-order valence-corrected chi connectivity index (χ1v) is 9.15. The van der Waals surface area contributed by atoms with Crippen LogP contribution in [-0.2, 0) is 0 Å². The zero-order valence-electron chi connectivity index (χ0n) is 14.9. The molecule has 2 rings (SSSR count). The minimum absolute atomic E-state index is 0.706. The number of likely N-dealkylation sites (N-methyl/N-ethyl adjacent to an activating group) is 2. The van der Waals surface area contributed by atoms with Crippen molar-refractivity contribution in [1.82, 2.24) is 15.1 Å². The van der Waals surface area contributed by atoms with E-state index in [2.05, 4.69) is 50.0 Å². The zero-order valence-corrected chi connectivity index (χ0v) is 14.9. The molecular weight excluding hydrogens is 258 g/mol. The molecule has 0 spiro atoms. The lowest BCUT2D eigenvalue weighted by atomic mass is 9.72. The summed E-state index contributed by atoms with van der Waals surface area (Å²) in [4.78, 5) is 5.28. The second-order valence-electron chi connectivity index (χ2n) is 7.76. The van der Waals surface area contributed by atoms with E-state index in [9.17, 15) is 0 Å². The molecule has 1 aliphatic heterocycles. The van der Waals surface area contributed by atoms with Crippen molar-refractivity contribution in [2.45, 2.75) is 58.5 Å². The summed E-state index contributed by atoms with van der Waals surface area (Å²) in [6.07, 6.45) is 5.54. The summed E-state index contributed by atoms with van der Waals surface area (Å²) in [7, 11) is 4.49. The minimum Gasteiger partial charge on any atom is -0.317 e. The van der Waals surface area contributed by atoms with Crippen LogP contribution < -0.4 is 5.32 Å². The van der Waals surface area contributed by atoms with E-state index in [0.29, 0.717) is 6.04 Å². The van der Waals surface area contributed by atoms with E-state index in [1.54, 1.807) is 0 Å². The summed E-state index contributed by atoms with van der Waals surface area (Å²) in [5.41, 5.74) is 0. The summed E-state index contributed by atoms with van der Waals surface area (Å²) in [6, 6.07) is 1.50. The fraction of sp³-hybridized carbons (Fsp3) is 1.00. The van der Waals surface area contributed by atoms with E-state index >= 15 is 0 Å². The maximum atomic E-state index is 3.60. The number of likely N-dealkylation sites (tertiary alicyclic amines) is 1. The molecule has 1 saturated heterocycles. The molecule has 0 bridgehead atoms. The molecule has 2 aliphatic rings. The van der Waals surface area contributed by atoms with Crippen LogP contribution in [0.1, 0.15) is 46.5 Å². The standard InChI is InChI=1S/C18H37N3/c1-6-21-9-7-8-16(21)12-20(5)13-17-15(3)10-14(2)11-18(17)19-4/h14-19H,6-13H2,1-5H3. The van der Waals surface area contributed by atoms with Gasteiger partial charge in [-0.05, 0) is 70.6 Å². The first-order valence-electron chi connectivity index (χ1n) is 9.15. The van der Waals surface area contributed by atoms with Crippen LogP contribution >= 0.6 is 0 Å². The predicted octanol–water partition coefficient (Wildman–Crippen LogP) is 2.67. The first-order chi connectivity index (χ1) is 10.0. The molecule has 1 N–H and O–H groups in total. The van der Waals surface area contributed by atoms with Crippen LogP contribution in [-0.4, -0.2) is 62.2 Å². The highest BCUT2D eigenvalue weighted by Crippen LogP contribution is 2.34. The van der Waals surface area contributed by atoms with Gasteiger partial charge in [0.25, 0.3) is 0 Å². The second kappa shape index (κ2) is 7.94. The van der Waals surface area contributed by atoms with E-state index in [0.717, 1.165) is 23.8 Å². The van der Waals surface area contributed by atoms with Crippen molar-refractivity contribution in [3.05, 3.63) is 0 Å². The first kappa shape index (κ1) is 17.2. The van der Waals surface area contributed by atoms with Crippen LogP contribution in [0.2, 0.25) is 0 Å². The molecule has 0 aromatic rings. The van der Waals surface area contributed by atoms with Crippen molar-refractivity contribution in [2.24, 2.45) is 17.8 Å². The van der Waals surface area contributed by atoms with Crippen LogP contribution in [0.25, 0.3) is 0 Å². The van der Waals surface area contributed by atoms with E-state index in [1.807, 2.05) is 0 Å². The van der Waals surface area contributed by atoms with Crippen molar-refractivity contribution >= 4 is 0 Å². The monoisotopic (exact) mass is 295 g/mol. The molecule has 21 heavy (non-hydrogen) atoms. The third kappa shape index (κ3) is 4.43. The van der Waals surface area contributed by atoms with Gasteiger partial charge < -0.3 is 10.2 Å². The molecule has 2 fully saturated rings. The van der Waals surface area contributed by atoms with Crippen molar-refractivity contribution in [1.29, 1.82) is 0 Å².